The lowest BCUT2D eigenvalue weighted by molar-refractivity contribution is -0.137. The van der Waals surface area contributed by atoms with E-state index < -0.39 is 11.7 Å². The molecule has 0 aliphatic rings. The summed E-state index contributed by atoms with van der Waals surface area (Å²) in [5.41, 5.74) is 5.71. The first kappa shape index (κ1) is 12.3. The van der Waals surface area contributed by atoms with E-state index in [4.69, 9.17) is 5.73 Å². The maximum Gasteiger partial charge on any atom is 0.416 e. The monoisotopic (exact) mass is 253 g/mol. The first-order valence-electron chi connectivity index (χ1n) is 5.15. The van der Waals surface area contributed by atoms with Gasteiger partial charge in [0.25, 0.3) is 0 Å². The van der Waals surface area contributed by atoms with Crippen molar-refractivity contribution in [1.82, 2.24) is 9.97 Å². The van der Waals surface area contributed by atoms with Crippen LogP contribution in [0.2, 0.25) is 0 Å². The number of aryl methyl sites for hydroxylation is 1. The molecule has 18 heavy (non-hydrogen) atoms. The lowest BCUT2D eigenvalue weighted by Gasteiger charge is -2.08. The molecule has 0 spiro atoms. The minimum absolute atomic E-state index is 0.193. The third-order valence-corrected chi connectivity index (χ3v) is 2.32. The molecular weight excluding hydrogens is 243 g/mol. The first-order chi connectivity index (χ1) is 8.36. The van der Waals surface area contributed by atoms with Crippen LogP contribution < -0.4 is 5.73 Å². The van der Waals surface area contributed by atoms with Crippen LogP contribution in [0.15, 0.2) is 30.3 Å². The molecule has 0 atom stereocenters. The normalized spacial score (nSPS) is 11.6. The summed E-state index contributed by atoms with van der Waals surface area (Å²) in [5, 5.41) is 0. The number of aromatic nitrogens is 2. The Hall–Kier alpha value is -2.11. The van der Waals surface area contributed by atoms with E-state index in [1.807, 2.05) is 0 Å². The van der Waals surface area contributed by atoms with E-state index in [9.17, 15) is 13.2 Å². The highest BCUT2D eigenvalue weighted by Crippen LogP contribution is 2.31. The Balaban J connectivity index is 2.51. The third-order valence-electron chi connectivity index (χ3n) is 2.32. The van der Waals surface area contributed by atoms with Gasteiger partial charge in [0.1, 0.15) is 5.82 Å². The van der Waals surface area contributed by atoms with Gasteiger partial charge in [0, 0.05) is 17.3 Å². The largest absolute Gasteiger partial charge is 0.416 e. The summed E-state index contributed by atoms with van der Waals surface area (Å²) in [4.78, 5) is 8.00. The zero-order chi connectivity index (χ0) is 13.3. The molecule has 1 aromatic carbocycles. The van der Waals surface area contributed by atoms with Crippen LogP contribution >= 0.6 is 0 Å². The Morgan fingerprint density at radius 2 is 1.83 bits per heavy atom. The molecule has 0 aliphatic heterocycles. The number of alkyl halides is 3. The van der Waals surface area contributed by atoms with Crippen molar-refractivity contribution in [1.29, 1.82) is 0 Å². The quantitative estimate of drug-likeness (QED) is 0.849. The molecule has 0 amide bonds. The highest BCUT2D eigenvalue weighted by atomic mass is 19.4. The second-order valence-electron chi connectivity index (χ2n) is 3.84. The number of anilines is 1. The number of hydrogen-bond acceptors (Lipinski definition) is 3. The van der Waals surface area contributed by atoms with Gasteiger partial charge in [-0.15, -0.1) is 0 Å². The Labute approximate surface area is 101 Å². The second-order valence-corrected chi connectivity index (χ2v) is 3.84. The molecule has 6 heteroatoms. The van der Waals surface area contributed by atoms with Gasteiger partial charge in [-0.1, -0.05) is 12.1 Å². The van der Waals surface area contributed by atoms with E-state index in [0.717, 1.165) is 12.1 Å². The second kappa shape index (κ2) is 4.29. The number of nitrogens with zero attached hydrogens (tertiary/aromatic N) is 2. The summed E-state index contributed by atoms with van der Waals surface area (Å²) in [5.74, 6) is 0.425. The molecule has 94 valence electrons. The minimum Gasteiger partial charge on any atom is -0.384 e. The number of rotatable bonds is 1. The molecule has 0 saturated carbocycles. The maximum atomic E-state index is 12.6. The number of benzene rings is 1. The Morgan fingerprint density at radius 1 is 1.11 bits per heavy atom. The lowest BCUT2D eigenvalue weighted by Crippen LogP contribution is -2.05. The number of hydrogen-bond donors (Lipinski definition) is 1. The van der Waals surface area contributed by atoms with Crippen molar-refractivity contribution >= 4 is 5.82 Å². The van der Waals surface area contributed by atoms with Crippen molar-refractivity contribution in [3.8, 4) is 11.4 Å². The molecule has 0 fully saturated rings. The van der Waals surface area contributed by atoms with E-state index in [1.54, 1.807) is 13.0 Å². The van der Waals surface area contributed by atoms with Crippen molar-refractivity contribution in [2.75, 3.05) is 5.73 Å². The van der Waals surface area contributed by atoms with Crippen LogP contribution in [0.3, 0.4) is 0 Å². The molecule has 1 aromatic heterocycles. The van der Waals surface area contributed by atoms with Gasteiger partial charge in [-0.25, -0.2) is 9.97 Å². The third kappa shape index (κ3) is 2.58. The summed E-state index contributed by atoms with van der Waals surface area (Å²) in [6.07, 6.45) is -4.38. The zero-order valence-electron chi connectivity index (χ0n) is 9.49. The fourth-order valence-corrected chi connectivity index (χ4v) is 1.56. The lowest BCUT2D eigenvalue weighted by atomic mass is 10.1. The van der Waals surface area contributed by atoms with Crippen LogP contribution in [-0.4, -0.2) is 9.97 Å². The summed E-state index contributed by atoms with van der Waals surface area (Å²) in [6.45, 7) is 1.70. The molecule has 0 radical (unpaired) electrons. The van der Waals surface area contributed by atoms with E-state index >= 15 is 0 Å². The predicted octanol–water partition coefficient (Wildman–Crippen LogP) is 3.05. The van der Waals surface area contributed by atoms with Crippen LogP contribution in [0.1, 0.15) is 11.3 Å². The molecule has 3 nitrogen and oxygen atoms in total. The molecule has 1 heterocycles. The SMILES string of the molecule is Cc1cc(N)nc(-c2cccc(C(F)(F)F)c2)n1. The molecule has 2 aromatic rings. The van der Waals surface area contributed by atoms with Gasteiger partial charge in [-0.2, -0.15) is 13.2 Å². The summed E-state index contributed by atoms with van der Waals surface area (Å²) in [6, 6.07) is 6.40. The van der Waals surface area contributed by atoms with Crippen molar-refractivity contribution in [2.45, 2.75) is 13.1 Å². The minimum atomic E-state index is -4.38. The summed E-state index contributed by atoms with van der Waals surface area (Å²) < 4.78 is 37.7. The van der Waals surface area contributed by atoms with Crippen LogP contribution in [0, 0.1) is 6.92 Å². The molecule has 2 N–H and O–H groups in total. The van der Waals surface area contributed by atoms with Gasteiger partial charge < -0.3 is 5.73 Å². The fraction of sp³-hybridized carbons (Fsp3) is 0.167. The fourth-order valence-electron chi connectivity index (χ4n) is 1.56. The number of nitrogen functional groups attached to an aromatic ring is 1. The molecule has 0 aliphatic carbocycles. The van der Waals surface area contributed by atoms with E-state index in [2.05, 4.69) is 9.97 Å². The van der Waals surface area contributed by atoms with Gasteiger partial charge >= 0.3 is 6.18 Å². The molecule has 2 rings (SSSR count). The molecule has 0 saturated heterocycles. The topological polar surface area (TPSA) is 51.8 Å². The first-order valence-corrected chi connectivity index (χ1v) is 5.15. The Kier molecular flexibility index (Phi) is 2.94. The van der Waals surface area contributed by atoms with Crippen molar-refractivity contribution in [3.05, 3.63) is 41.6 Å². The van der Waals surface area contributed by atoms with E-state index in [1.165, 1.54) is 12.1 Å². The van der Waals surface area contributed by atoms with Crippen LogP contribution in [0.25, 0.3) is 11.4 Å². The van der Waals surface area contributed by atoms with Gasteiger partial charge in [-0.05, 0) is 19.1 Å². The van der Waals surface area contributed by atoms with Crippen molar-refractivity contribution in [2.24, 2.45) is 0 Å². The highest BCUT2D eigenvalue weighted by Gasteiger charge is 2.30. The average molecular weight is 253 g/mol. The van der Waals surface area contributed by atoms with Gasteiger partial charge in [-0.3, -0.25) is 0 Å². The van der Waals surface area contributed by atoms with E-state index in [-0.39, 0.29) is 11.6 Å². The molecular formula is C12H10F3N3. The molecule has 0 unspecified atom stereocenters. The van der Waals surface area contributed by atoms with Crippen molar-refractivity contribution < 1.29 is 13.2 Å². The van der Waals surface area contributed by atoms with Gasteiger partial charge in [0.2, 0.25) is 0 Å². The summed E-state index contributed by atoms with van der Waals surface area (Å²) >= 11 is 0. The maximum absolute atomic E-state index is 12.6. The number of halogens is 3. The van der Waals surface area contributed by atoms with Crippen LogP contribution in [0.4, 0.5) is 19.0 Å². The smallest absolute Gasteiger partial charge is 0.384 e. The summed E-state index contributed by atoms with van der Waals surface area (Å²) in [7, 11) is 0. The standard InChI is InChI=1S/C12H10F3N3/c1-7-5-10(16)18-11(17-7)8-3-2-4-9(6-8)12(13,14)15/h2-6H,1H3,(H2,16,17,18). The van der Waals surface area contributed by atoms with Crippen LogP contribution in [0.5, 0.6) is 0 Å². The average Bonchev–Trinajstić information content (AvgIpc) is 2.27. The Bertz CT molecular complexity index is 559. The van der Waals surface area contributed by atoms with Crippen LogP contribution in [-0.2, 0) is 6.18 Å². The van der Waals surface area contributed by atoms with Gasteiger partial charge in [0.15, 0.2) is 5.82 Å². The van der Waals surface area contributed by atoms with E-state index in [0.29, 0.717) is 11.3 Å². The zero-order valence-corrected chi connectivity index (χ0v) is 9.49. The van der Waals surface area contributed by atoms with Gasteiger partial charge in [0.05, 0.1) is 5.56 Å². The Morgan fingerprint density at radius 3 is 2.44 bits per heavy atom. The highest BCUT2D eigenvalue weighted by molar-refractivity contribution is 5.58. The van der Waals surface area contributed by atoms with Crippen molar-refractivity contribution in [3.63, 3.8) is 0 Å². The molecule has 0 bridgehead atoms. The predicted molar refractivity (Wildman–Crippen MR) is 61.6 cm³/mol. The number of nitrogens with two attached hydrogens (primary N) is 1.